The number of nitro groups is 1. The summed E-state index contributed by atoms with van der Waals surface area (Å²) in [5.41, 5.74) is 19.7. The summed E-state index contributed by atoms with van der Waals surface area (Å²) in [5, 5.41) is 52.1. The van der Waals surface area contributed by atoms with Gasteiger partial charge in [0, 0.05) is 77.5 Å². The second kappa shape index (κ2) is 21.7. The summed E-state index contributed by atoms with van der Waals surface area (Å²) >= 11 is 4.87. The van der Waals surface area contributed by atoms with Crippen molar-refractivity contribution in [3.05, 3.63) is 213 Å². The molecule has 3 N–H and O–H groups in total. The Labute approximate surface area is 510 Å². The molecule has 0 bridgehead atoms. The first kappa shape index (κ1) is 58.9. The van der Waals surface area contributed by atoms with Crippen LogP contribution in [-0.2, 0) is 16.2 Å². The molecular weight excluding hydrogens is 1090 g/mol. The first-order valence-electron chi connectivity index (χ1n) is 26.8. The van der Waals surface area contributed by atoms with Gasteiger partial charge in [-0.1, -0.05) is 184 Å². The number of non-ortho nitro benzene ring substituents is 1. The Morgan fingerprint density at radius 2 is 0.869 bits per heavy atom. The molecule has 15 rings (SSSR count). The number of aromatic nitrogens is 3. The first-order valence-corrected chi connectivity index (χ1v) is 29.2. The van der Waals surface area contributed by atoms with Gasteiger partial charge in [0.1, 0.15) is 14.1 Å². The van der Waals surface area contributed by atoms with Gasteiger partial charge in [-0.3, -0.25) is 10.1 Å². The average Bonchev–Trinajstić information content (AvgIpc) is 2.11. The number of thiazole rings is 3. The van der Waals surface area contributed by atoms with Crippen LogP contribution in [0.15, 0.2) is 170 Å². The van der Waals surface area contributed by atoms with Crippen LogP contribution in [0.2, 0.25) is 0 Å². The summed E-state index contributed by atoms with van der Waals surface area (Å²) in [4.78, 5) is 23.2. The minimum absolute atomic E-state index is 0. The predicted octanol–water partition coefficient (Wildman–Crippen LogP) is 13.1. The molecule has 3 aliphatic carbocycles. The van der Waals surface area contributed by atoms with Crippen molar-refractivity contribution < 1.29 is 35.2 Å². The number of nitrogens with zero attached hydrogens (tertiary/aromatic N) is 2. The van der Waals surface area contributed by atoms with Crippen LogP contribution in [0.4, 0.5) is 11.4 Å². The van der Waals surface area contributed by atoms with Gasteiger partial charge in [-0.15, -0.1) is 0 Å². The molecule has 0 saturated heterocycles. The minimum Gasteiger partial charge on any atom is -0.872 e. The fourth-order valence-electron chi connectivity index (χ4n) is 12.3. The summed E-state index contributed by atoms with van der Waals surface area (Å²) < 4.78 is 3.49. The van der Waals surface area contributed by atoms with Gasteiger partial charge in [0.25, 0.3) is 20.7 Å². The summed E-state index contributed by atoms with van der Waals surface area (Å²) in [6, 6.07) is 55.4. The summed E-state index contributed by atoms with van der Waals surface area (Å²) in [6.07, 6.45) is 0. The summed E-state index contributed by atoms with van der Waals surface area (Å²) in [6.45, 7) is 13.2. The van der Waals surface area contributed by atoms with Crippen LogP contribution in [0.5, 0.6) is 17.2 Å². The smallest absolute Gasteiger partial charge is 0.872 e. The van der Waals surface area contributed by atoms with E-state index in [0.29, 0.717) is 5.56 Å². The molecule has 0 atom stereocenters. The molecule has 0 unspecified atom stereocenters. The maximum atomic E-state index is 13.0. The van der Waals surface area contributed by atoms with Gasteiger partial charge in [0.15, 0.2) is 0 Å². The van der Waals surface area contributed by atoms with Gasteiger partial charge in [-0.25, -0.2) is 0 Å². The molecule has 0 aliphatic heterocycles. The average molecular weight is 1150 g/mol. The third-order valence-corrected chi connectivity index (χ3v) is 20.1. The van der Waals surface area contributed by atoms with Gasteiger partial charge in [0.05, 0.1) is 16.1 Å². The second-order valence-corrected chi connectivity index (χ2v) is 26.0. The number of anilines is 1. The normalized spacial score (nSPS) is 13.7. The SMILES string of the molecule is CC1(C)c2cc([N+](=O)[O-])ccc2-c2cc([O-])c(-c3[nH+]c4ccccc4s3)cc21.CC1(C)c2ccccc2-c2c1ccc1[nH+]c(-c3ccccc3[O-])sc21.CN(C)c1ccc2c(c1)C(C)(C)c1cc(-c3[nH+]c4ccccc4s3)c([O-])cc1-2.[Be+2].[Be+2].[Be+2]. The molecule has 0 amide bonds. The molecule has 10 nitrogen and oxygen atoms in total. The molecule has 3 aromatic heterocycles. The predicted molar refractivity (Wildman–Crippen MR) is 341 cm³/mol. The zero-order valence-corrected chi connectivity index (χ0v) is 50.4. The van der Waals surface area contributed by atoms with Crippen LogP contribution >= 0.6 is 34.0 Å². The van der Waals surface area contributed by atoms with E-state index in [0.717, 1.165) is 79.9 Å². The maximum Gasteiger partial charge on any atom is 2.00 e. The third kappa shape index (κ3) is 9.50. The standard InChI is InChI=1S/C24H22N2OS.C22H16N2O3S.C22H17NOS.3Be/c1-24(2)18-11-14(26(3)4)9-10-15(18)16-13-21(27)17(12-19(16)24)23-25-20-7-5-6-8-22(20)28-23;1-22(2)16-9-12(24(26)27)7-8-13(16)14-11-19(25)15(10-17(14)22)21-23-18-5-3-4-6-20(18)28-21;1-22(2)15-9-5-3-7-13(15)19-16(22)11-12-17-20(19)25-21(23-17)14-8-4-6-10-18(14)24;;;/h5-13,27H,1-4H3;3-11,25H,1-2H3;3-12,24H,1-2H3;;;/q;;;3*+2. The van der Waals surface area contributed by atoms with E-state index in [4.69, 9.17) is 0 Å². The zero-order valence-electron chi connectivity index (χ0n) is 47.9. The molecule has 16 heteroatoms. The Morgan fingerprint density at radius 3 is 1.42 bits per heavy atom. The number of nitrogens with one attached hydrogen (secondary N) is 3. The molecule has 0 fully saturated rings. The Hall–Kier alpha value is -8.24. The number of hydrogen-bond acceptors (Lipinski definition) is 9. The second-order valence-electron chi connectivity index (χ2n) is 22.8. The van der Waals surface area contributed by atoms with Crippen molar-refractivity contribution in [2.45, 2.75) is 57.8 Å². The number of benzene rings is 9. The number of nitro benzene ring substituents is 1. The topological polar surface area (TPSA) is 158 Å². The van der Waals surface area contributed by atoms with E-state index >= 15 is 0 Å². The molecule has 400 valence electrons. The van der Waals surface area contributed by atoms with E-state index in [9.17, 15) is 25.4 Å². The summed E-state index contributed by atoms with van der Waals surface area (Å²) in [7, 11) is 4.12. The van der Waals surface area contributed by atoms with E-state index in [2.05, 4.69) is 134 Å². The van der Waals surface area contributed by atoms with Crippen LogP contribution in [-0.4, -0.2) is 49.4 Å². The van der Waals surface area contributed by atoms with E-state index in [1.807, 2.05) is 74.5 Å². The Kier molecular flexibility index (Phi) is 15.3. The van der Waals surface area contributed by atoms with E-state index in [1.165, 1.54) is 55.4 Å². The van der Waals surface area contributed by atoms with Crippen LogP contribution in [0.1, 0.15) is 74.9 Å². The Morgan fingerprint density at radius 1 is 0.405 bits per heavy atom. The van der Waals surface area contributed by atoms with E-state index in [1.54, 1.807) is 64.3 Å². The third-order valence-electron chi connectivity index (χ3n) is 16.7. The number of fused-ring (bicyclic) bond motifs is 13. The molecule has 12 aromatic rings. The number of para-hydroxylation sites is 3. The number of rotatable bonds is 5. The van der Waals surface area contributed by atoms with Crippen LogP contribution in [0.25, 0.3) is 95.7 Å². The van der Waals surface area contributed by atoms with E-state index < -0.39 is 5.41 Å². The quantitative estimate of drug-likeness (QED) is 0.0948. The molecule has 0 spiro atoms. The Balaban J connectivity index is 0.000000138. The zero-order chi connectivity index (χ0) is 56.4. The molecular formula is C68H55Be3N5O5S3+6. The van der Waals surface area contributed by atoms with Crippen molar-refractivity contribution in [3.63, 3.8) is 0 Å². The summed E-state index contributed by atoms with van der Waals surface area (Å²) in [5.74, 6) is 0.0770. The van der Waals surface area contributed by atoms with Crippen molar-refractivity contribution >= 4 is 106 Å². The first-order chi connectivity index (χ1) is 38.8. The van der Waals surface area contributed by atoms with Gasteiger partial charge in [-0.2, -0.15) is 15.0 Å². The van der Waals surface area contributed by atoms with Crippen LogP contribution in [0, 0.1) is 10.1 Å². The molecule has 84 heavy (non-hydrogen) atoms. The minimum atomic E-state index is -0.421. The molecule has 0 saturated carbocycles. The van der Waals surface area contributed by atoms with Crippen molar-refractivity contribution in [2.75, 3.05) is 19.0 Å². The van der Waals surface area contributed by atoms with Crippen molar-refractivity contribution in [2.24, 2.45) is 0 Å². The monoisotopic (exact) mass is 1140 g/mol. The van der Waals surface area contributed by atoms with Gasteiger partial charge >= 0.3 is 30.4 Å². The largest absolute Gasteiger partial charge is 2.00 e. The molecule has 0 radical (unpaired) electrons. The Bertz CT molecular complexity index is 4540. The molecule has 9 aromatic carbocycles. The van der Waals surface area contributed by atoms with Crippen LogP contribution < -0.4 is 35.2 Å². The number of hydrogen-bond donors (Lipinski definition) is 0. The van der Waals surface area contributed by atoms with Crippen molar-refractivity contribution in [1.82, 2.24) is 0 Å². The van der Waals surface area contributed by atoms with E-state index in [-0.39, 0.29) is 69.1 Å². The van der Waals surface area contributed by atoms with Crippen LogP contribution in [0.3, 0.4) is 0 Å². The fourth-order valence-corrected chi connectivity index (χ4v) is 15.6. The molecule has 3 aliphatic rings. The van der Waals surface area contributed by atoms with Gasteiger partial charge in [0.2, 0.25) is 16.6 Å². The molecule has 3 heterocycles. The maximum absolute atomic E-state index is 13.0. The van der Waals surface area contributed by atoms with Gasteiger partial charge < -0.3 is 20.2 Å². The van der Waals surface area contributed by atoms with Crippen molar-refractivity contribution in [1.29, 1.82) is 0 Å². The fraction of sp³-hybridized carbons (Fsp3) is 0.162. The van der Waals surface area contributed by atoms with Gasteiger partial charge in [-0.05, 0) is 110 Å². The number of aromatic amines is 3. The van der Waals surface area contributed by atoms with Crippen molar-refractivity contribution in [3.8, 4) is 82.3 Å². The number of H-pyrrole nitrogens is 3.